The molecule has 3 N–H and O–H groups in total. The molecule has 0 aliphatic heterocycles. The SMILES string of the molecule is NC(=O)N(O)C(CCC(c1ccccc1)c1cccnc1)c1ccccc1. The van der Waals surface area contributed by atoms with Crippen molar-refractivity contribution in [3.63, 3.8) is 0 Å². The molecule has 5 heteroatoms. The second-order valence-electron chi connectivity index (χ2n) is 6.44. The minimum absolute atomic E-state index is 0.104. The summed E-state index contributed by atoms with van der Waals surface area (Å²) in [7, 11) is 0. The number of hydroxylamine groups is 2. The van der Waals surface area contributed by atoms with Crippen LogP contribution in [-0.4, -0.2) is 21.3 Å². The smallest absolute Gasteiger partial charge is 0.339 e. The van der Waals surface area contributed by atoms with Crippen molar-refractivity contribution in [2.75, 3.05) is 0 Å². The van der Waals surface area contributed by atoms with Gasteiger partial charge in [-0.3, -0.25) is 10.2 Å². The highest BCUT2D eigenvalue weighted by Gasteiger charge is 2.24. The molecule has 0 aliphatic rings. The zero-order valence-electron chi connectivity index (χ0n) is 15.0. The maximum atomic E-state index is 11.6. The van der Waals surface area contributed by atoms with Gasteiger partial charge in [-0.05, 0) is 35.6 Å². The van der Waals surface area contributed by atoms with Gasteiger partial charge in [-0.1, -0.05) is 66.7 Å². The average Bonchev–Trinajstić information content (AvgIpc) is 2.73. The number of carbonyl (C=O) groups is 1. The summed E-state index contributed by atoms with van der Waals surface area (Å²) in [5.74, 6) is 0.104. The van der Waals surface area contributed by atoms with Crippen molar-refractivity contribution in [1.82, 2.24) is 10.0 Å². The summed E-state index contributed by atoms with van der Waals surface area (Å²) in [4.78, 5) is 15.8. The van der Waals surface area contributed by atoms with Crippen LogP contribution in [0.25, 0.3) is 0 Å². The van der Waals surface area contributed by atoms with E-state index >= 15 is 0 Å². The molecule has 0 saturated heterocycles. The summed E-state index contributed by atoms with van der Waals surface area (Å²) < 4.78 is 0. The maximum absolute atomic E-state index is 11.6. The summed E-state index contributed by atoms with van der Waals surface area (Å²) in [6.45, 7) is 0. The van der Waals surface area contributed by atoms with Crippen LogP contribution in [0.15, 0.2) is 85.2 Å². The monoisotopic (exact) mass is 361 g/mol. The van der Waals surface area contributed by atoms with Crippen LogP contribution in [0.4, 0.5) is 4.79 Å². The summed E-state index contributed by atoms with van der Waals surface area (Å²) in [5.41, 5.74) is 8.44. The first-order chi connectivity index (χ1) is 13.2. The van der Waals surface area contributed by atoms with Gasteiger partial charge < -0.3 is 5.73 Å². The Morgan fingerprint density at radius 1 is 0.889 bits per heavy atom. The van der Waals surface area contributed by atoms with Crippen molar-refractivity contribution in [2.24, 2.45) is 5.73 Å². The second-order valence-corrected chi connectivity index (χ2v) is 6.44. The van der Waals surface area contributed by atoms with Gasteiger partial charge in [0.05, 0.1) is 6.04 Å². The zero-order chi connectivity index (χ0) is 19.1. The van der Waals surface area contributed by atoms with Crippen LogP contribution in [0.1, 0.15) is 41.5 Å². The Morgan fingerprint density at radius 3 is 2.04 bits per heavy atom. The summed E-state index contributed by atoms with van der Waals surface area (Å²) >= 11 is 0. The molecule has 0 saturated carbocycles. The van der Waals surface area contributed by atoms with E-state index in [1.165, 1.54) is 5.56 Å². The first-order valence-corrected chi connectivity index (χ1v) is 8.94. The van der Waals surface area contributed by atoms with Crippen molar-refractivity contribution >= 4 is 6.03 Å². The Kier molecular flexibility index (Phi) is 6.18. The highest BCUT2D eigenvalue weighted by atomic mass is 16.5. The Labute approximate surface area is 159 Å². The van der Waals surface area contributed by atoms with Crippen LogP contribution in [0.5, 0.6) is 0 Å². The third-order valence-corrected chi connectivity index (χ3v) is 4.72. The molecule has 2 unspecified atom stereocenters. The molecule has 0 spiro atoms. The fourth-order valence-corrected chi connectivity index (χ4v) is 3.38. The molecule has 0 fully saturated rings. The molecule has 5 nitrogen and oxygen atoms in total. The van der Waals surface area contributed by atoms with E-state index < -0.39 is 12.1 Å². The van der Waals surface area contributed by atoms with E-state index in [0.717, 1.165) is 17.5 Å². The number of primary amides is 1. The highest BCUT2D eigenvalue weighted by Crippen LogP contribution is 2.33. The molecular formula is C22H23N3O2. The lowest BCUT2D eigenvalue weighted by Crippen LogP contribution is -2.36. The van der Waals surface area contributed by atoms with E-state index in [4.69, 9.17) is 5.73 Å². The number of hydrogen-bond acceptors (Lipinski definition) is 3. The largest absolute Gasteiger partial charge is 0.350 e. The van der Waals surface area contributed by atoms with Gasteiger partial charge in [0.2, 0.25) is 0 Å². The van der Waals surface area contributed by atoms with Gasteiger partial charge in [0.15, 0.2) is 0 Å². The molecule has 2 aromatic carbocycles. The predicted octanol–water partition coefficient (Wildman–Crippen LogP) is 4.50. The predicted molar refractivity (Wildman–Crippen MR) is 104 cm³/mol. The molecule has 2 amide bonds. The third kappa shape index (κ3) is 4.71. The van der Waals surface area contributed by atoms with Gasteiger partial charge >= 0.3 is 6.03 Å². The quantitative estimate of drug-likeness (QED) is 0.480. The molecule has 3 aromatic rings. The van der Waals surface area contributed by atoms with Gasteiger partial charge in [-0.15, -0.1) is 0 Å². The Morgan fingerprint density at radius 2 is 1.48 bits per heavy atom. The van der Waals surface area contributed by atoms with E-state index in [0.29, 0.717) is 11.5 Å². The number of aromatic nitrogens is 1. The normalized spacial score (nSPS) is 12.9. The molecule has 0 radical (unpaired) electrons. The van der Waals surface area contributed by atoms with Gasteiger partial charge in [-0.2, -0.15) is 5.06 Å². The van der Waals surface area contributed by atoms with Crippen LogP contribution in [0.2, 0.25) is 0 Å². The molecule has 138 valence electrons. The van der Waals surface area contributed by atoms with E-state index in [1.807, 2.05) is 66.9 Å². The Balaban J connectivity index is 1.87. The van der Waals surface area contributed by atoms with Crippen molar-refractivity contribution in [2.45, 2.75) is 24.8 Å². The number of benzene rings is 2. The summed E-state index contributed by atoms with van der Waals surface area (Å²) in [6.07, 6.45) is 4.89. The van der Waals surface area contributed by atoms with Crippen molar-refractivity contribution < 1.29 is 10.0 Å². The summed E-state index contributed by atoms with van der Waals surface area (Å²) in [5, 5.41) is 10.9. The number of hydrogen-bond donors (Lipinski definition) is 2. The average molecular weight is 361 g/mol. The van der Waals surface area contributed by atoms with Crippen LogP contribution >= 0.6 is 0 Å². The molecule has 27 heavy (non-hydrogen) atoms. The van der Waals surface area contributed by atoms with E-state index in [1.54, 1.807) is 6.20 Å². The number of rotatable bonds is 7. The topological polar surface area (TPSA) is 79.5 Å². The highest BCUT2D eigenvalue weighted by molar-refractivity contribution is 5.71. The molecule has 3 rings (SSSR count). The molecule has 1 heterocycles. The maximum Gasteiger partial charge on any atom is 0.339 e. The molecular weight excluding hydrogens is 338 g/mol. The summed E-state index contributed by atoms with van der Waals surface area (Å²) in [6, 6.07) is 22.2. The van der Waals surface area contributed by atoms with E-state index in [2.05, 4.69) is 17.1 Å². The van der Waals surface area contributed by atoms with E-state index in [9.17, 15) is 10.0 Å². The number of amides is 2. The van der Waals surface area contributed by atoms with Gasteiger partial charge in [0, 0.05) is 18.3 Å². The first kappa shape index (κ1) is 18.6. The number of pyridine rings is 1. The Hall–Kier alpha value is -3.18. The fourth-order valence-electron chi connectivity index (χ4n) is 3.38. The molecule has 0 aliphatic carbocycles. The van der Waals surface area contributed by atoms with Gasteiger partial charge in [0.1, 0.15) is 0 Å². The molecule has 2 atom stereocenters. The standard InChI is InChI=1S/C22H23N3O2/c23-22(26)25(27)21(18-10-5-2-6-11-18)14-13-20(17-8-3-1-4-9-17)19-12-7-15-24-16-19/h1-12,15-16,20-21,27H,13-14H2,(H2,23,26). The fraction of sp³-hybridized carbons (Fsp3) is 0.182. The first-order valence-electron chi connectivity index (χ1n) is 8.94. The number of nitrogens with two attached hydrogens (primary N) is 1. The van der Waals surface area contributed by atoms with Gasteiger partial charge in [-0.25, -0.2) is 4.79 Å². The third-order valence-electron chi connectivity index (χ3n) is 4.72. The Bertz CT molecular complexity index is 802. The van der Waals surface area contributed by atoms with Crippen LogP contribution < -0.4 is 5.73 Å². The van der Waals surface area contributed by atoms with Crippen LogP contribution in [-0.2, 0) is 0 Å². The zero-order valence-corrected chi connectivity index (χ0v) is 15.0. The number of urea groups is 1. The number of nitrogens with zero attached hydrogens (tertiary/aromatic N) is 2. The van der Waals surface area contributed by atoms with E-state index in [-0.39, 0.29) is 5.92 Å². The molecule has 1 aromatic heterocycles. The molecule has 0 bridgehead atoms. The minimum atomic E-state index is -0.860. The lowest BCUT2D eigenvalue weighted by Gasteiger charge is -2.27. The minimum Gasteiger partial charge on any atom is -0.350 e. The van der Waals surface area contributed by atoms with Crippen molar-refractivity contribution in [3.8, 4) is 0 Å². The van der Waals surface area contributed by atoms with Crippen molar-refractivity contribution in [1.29, 1.82) is 0 Å². The second kappa shape index (κ2) is 8.96. The van der Waals surface area contributed by atoms with Crippen LogP contribution in [0.3, 0.4) is 0 Å². The van der Waals surface area contributed by atoms with Crippen LogP contribution in [0, 0.1) is 0 Å². The van der Waals surface area contributed by atoms with Gasteiger partial charge in [0.25, 0.3) is 0 Å². The van der Waals surface area contributed by atoms with Crippen molar-refractivity contribution in [3.05, 3.63) is 102 Å². The lowest BCUT2D eigenvalue weighted by molar-refractivity contribution is -0.0793. The number of carbonyl (C=O) groups excluding carboxylic acids is 1. The lowest BCUT2D eigenvalue weighted by atomic mass is 9.86.